The fraction of sp³-hybridized carbons (Fsp3) is 0.0833. The first kappa shape index (κ1) is 14.3. The lowest BCUT2D eigenvalue weighted by molar-refractivity contribution is 0.102. The van der Waals surface area contributed by atoms with E-state index in [4.69, 9.17) is 0 Å². The Balaban J connectivity index is 2.23. The molecule has 8 heteroatoms. The molecule has 0 unspecified atom stereocenters. The van der Waals surface area contributed by atoms with Gasteiger partial charge in [0.25, 0.3) is 5.91 Å². The van der Waals surface area contributed by atoms with E-state index in [2.05, 4.69) is 36.8 Å². The maximum atomic E-state index is 13.6. The van der Waals surface area contributed by atoms with Crippen molar-refractivity contribution >= 4 is 33.3 Å². The molecule has 20 heavy (non-hydrogen) atoms. The Morgan fingerprint density at radius 1 is 1.20 bits per heavy atom. The highest BCUT2D eigenvalue weighted by molar-refractivity contribution is 9.10. The third-order valence-corrected chi connectivity index (χ3v) is 2.86. The minimum Gasteiger partial charge on any atom is -0.372 e. The number of anilines is 2. The molecule has 1 heterocycles. The van der Waals surface area contributed by atoms with E-state index in [1.54, 1.807) is 7.05 Å². The third kappa shape index (κ3) is 3.08. The van der Waals surface area contributed by atoms with Crippen molar-refractivity contribution in [3.8, 4) is 0 Å². The van der Waals surface area contributed by atoms with Crippen molar-refractivity contribution in [2.45, 2.75) is 0 Å². The second-order valence-corrected chi connectivity index (χ2v) is 4.67. The number of aromatic nitrogens is 2. The number of nitrogens with one attached hydrogen (secondary N) is 2. The molecule has 0 aliphatic carbocycles. The summed E-state index contributed by atoms with van der Waals surface area (Å²) < 4.78 is 27.4. The topological polar surface area (TPSA) is 66.9 Å². The maximum Gasteiger partial charge on any atom is 0.276 e. The summed E-state index contributed by atoms with van der Waals surface area (Å²) >= 11 is 2.95. The Morgan fingerprint density at radius 3 is 2.35 bits per heavy atom. The summed E-state index contributed by atoms with van der Waals surface area (Å²) in [5.74, 6) is -2.04. The number of rotatable bonds is 3. The molecule has 0 aliphatic rings. The first-order valence-corrected chi connectivity index (χ1v) is 6.28. The molecule has 1 aromatic carbocycles. The zero-order chi connectivity index (χ0) is 14.7. The number of hydrogen-bond donors (Lipinski definition) is 2. The summed E-state index contributed by atoms with van der Waals surface area (Å²) in [5, 5.41) is 12.2. The van der Waals surface area contributed by atoms with Crippen molar-refractivity contribution in [3.05, 3.63) is 46.1 Å². The Labute approximate surface area is 121 Å². The molecule has 0 saturated carbocycles. The van der Waals surface area contributed by atoms with E-state index >= 15 is 0 Å². The van der Waals surface area contributed by atoms with Crippen LogP contribution in [0.25, 0.3) is 0 Å². The van der Waals surface area contributed by atoms with Gasteiger partial charge in [-0.1, -0.05) is 15.9 Å². The lowest BCUT2D eigenvalue weighted by atomic mass is 10.2. The van der Waals surface area contributed by atoms with Crippen LogP contribution in [-0.2, 0) is 0 Å². The largest absolute Gasteiger partial charge is 0.372 e. The molecule has 2 aromatic rings. The van der Waals surface area contributed by atoms with Crippen molar-refractivity contribution in [3.63, 3.8) is 0 Å². The van der Waals surface area contributed by atoms with Gasteiger partial charge in [-0.15, -0.1) is 10.2 Å². The summed E-state index contributed by atoms with van der Waals surface area (Å²) in [4.78, 5) is 11.8. The lowest BCUT2D eigenvalue weighted by Crippen LogP contribution is -2.16. The quantitative estimate of drug-likeness (QED) is 0.899. The van der Waals surface area contributed by atoms with E-state index in [0.29, 0.717) is 5.82 Å². The molecule has 0 fully saturated rings. The predicted molar refractivity (Wildman–Crippen MR) is 73.6 cm³/mol. The van der Waals surface area contributed by atoms with Crippen LogP contribution >= 0.6 is 15.9 Å². The van der Waals surface area contributed by atoms with Crippen LogP contribution in [0.5, 0.6) is 0 Å². The van der Waals surface area contributed by atoms with Gasteiger partial charge in [-0.2, -0.15) is 0 Å². The average Bonchev–Trinajstić information content (AvgIpc) is 2.42. The summed E-state index contributed by atoms with van der Waals surface area (Å²) in [6, 6.07) is 5.02. The van der Waals surface area contributed by atoms with Gasteiger partial charge in [-0.05, 0) is 24.3 Å². The minimum absolute atomic E-state index is 0.0503. The summed E-state index contributed by atoms with van der Waals surface area (Å²) in [7, 11) is 1.65. The Hall–Kier alpha value is -2.09. The Morgan fingerprint density at radius 2 is 1.85 bits per heavy atom. The summed E-state index contributed by atoms with van der Waals surface area (Å²) in [6.07, 6.45) is 0. The van der Waals surface area contributed by atoms with Crippen LogP contribution in [0.2, 0.25) is 0 Å². The molecule has 2 rings (SSSR count). The molecule has 2 N–H and O–H groups in total. The van der Waals surface area contributed by atoms with Gasteiger partial charge < -0.3 is 10.6 Å². The van der Waals surface area contributed by atoms with Crippen molar-refractivity contribution in [1.82, 2.24) is 10.2 Å². The van der Waals surface area contributed by atoms with E-state index in [0.717, 1.165) is 12.1 Å². The molecule has 1 amide bonds. The normalized spacial score (nSPS) is 10.2. The number of nitrogens with zero attached hydrogens (tertiary/aromatic N) is 2. The molecule has 0 atom stereocenters. The van der Waals surface area contributed by atoms with Crippen LogP contribution in [0, 0.1) is 11.6 Å². The van der Waals surface area contributed by atoms with Crippen molar-refractivity contribution in [1.29, 1.82) is 0 Å². The van der Waals surface area contributed by atoms with Crippen molar-refractivity contribution in [2.75, 3.05) is 17.7 Å². The summed E-state index contributed by atoms with van der Waals surface area (Å²) in [5.41, 5.74) is -0.580. The standard InChI is InChI=1S/C12H9BrF2N4O/c1-16-10-3-2-9(18-19-10)12(20)17-11-7(14)4-6(13)5-8(11)15/h2-5H,1H3,(H,16,19)(H,17,20). The SMILES string of the molecule is CNc1ccc(C(=O)Nc2c(F)cc(Br)cc2F)nn1. The zero-order valence-electron chi connectivity index (χ0n) is 10.2. The maximum absolute atomic E-state index is 13.6. The molecule has 5 nitrogen and oxygen atoms in total. The molecule has 0 aliphatic heterocycles. The van der Waals surface area contributed by atoms with Gasteiger partial charge >= 0.3 is 0 Å². The molecule has 104 valence electrons. The second-order valence-electron chi connectivity index (χ2n) is 3.75. The molecule has 1 aromatic heterocycles. The van der Waals surface area contributed by atoms with E-state index in [-0.39, 0.29) is 10.2 Å². The number of carbonyl (C=O) groups is 1. The monoisotopic (exact) mass is 342 g/mol. The molecule has 0 radical (unpaired) electrons. The number of halogens is 3. The van der Waals surface area contributed by atoms with Gasteiger partial charge in [-0.25, -0.2) is 8.78 Å². The number of hydrogen-bond acceptors (Lipinski definition) is 4. The Bertz CT molecular complexity index is 625. The molecule has 0 spiro atoms. The average molecular weight is 343 g/mol. The molecular weight excluding hydrogens is 334 g/mol. The first-order chi connectivity index (χ1) is 9.51. The first-order valence-electron chi connectivity index (χ1n) is 5.48. The number of amides is 1. The fourth-order valence-electron chi connectivity index (χ4n) is 1.43. The van der Waals surface area contributed by atoms with E-state index in [9.17, 15) is 13.6 Å². The third-order valence-electron chi connectivity index (χ3n) is 2.40. The highest BCUT2D eigenvalue weighted by atomic mass is 79.9. The minimum atomic E-state index is -0.884. The number of carbonyl (C=O) groups excluding carboxylic acids is 1. The van der Waals surface area contributed by atoms with E-state index in [1.807, 2.05) is 0 Å². The molecular formula is C12H9BrF2N4O. The van der Waals surface area contributed by atoms with Crippen LogP contribution < -0.4 is 10.6 Å². The van der Waals surface area contributed by atoms with Gasteiger partial charge in [0.1, 0.15) is 11.5 Å². The highest BCUT2D eigenvalue weighted by Crippen LogP contribution is 2.24. The van der Waals surface area contributed by atoms with E-state index in [1.165, 1.54) is 12.1 Å². The van der Waals surface area contributed by atoms with Crippen LogP contribution in [0.1, 0.15) is 10.5 Å². The van der Waals surface area contributed by atoms with Crippen LogP contribution in [0.4, 0.5) is 20.3 Å². The van der Waals surface area contributed by atoms with E-state index < -0.39 is 23.2 Å². The number of benzene rings is 1. The van der Waals surface area contributed by atoms with Crippen molar-refractivity contribution in [2.24, 2.45) is 0 Å². The van der Waals surface area contributed by atoms with Crippen LogP contribution in [0.15, 0.2) is 28.7 Å². The Kier molecular flexibility index (Phi) is 4.23. The smallest absolute Gasteiger partial charge is 0.276 e. The van der Waals surface area contributed by atoms with Gasteiger partial charge in [0.05, 0.1) is 0 Å². The predicted octanol–water partition coefficient (Wildman–Crippen LogP) is 2.81. The van der Waals surface area contributed by atoms with Gasteiger partial charge in [0.2, 0.25) is 0 Å². The van der Waals surface area contributed by atoms with Gasteiger partial charge in [-0.3, -0.25) is 4.79 Å². The lowest BCUT2D eigenvalue weighted by Gasteiger charge is -2.07. The van der Waals surface area contributed by atoms with Crippen LogP contribution in [0.3, 0.4) is 0 Å². The summed E-state index contributed by atoms with van der Waals surface area (Å²) in [6.45, 7) is 0. The van der Waals surface area contributed by atoms with Crippen molar-refractivity contribution < 1.29 is 13.6 Å². The molecule has 0 bridgehead atoms. The zero-order valence-corrected chi connectivity index (χ0v) is 11.8. The second kappa shape index (κ2) is 5.91. The van der Waals surface area contributed by atoms with Crippen LogP contribution in [-0.4, -0.2) is 23.2 Å². The fourth-order valence-corrected chi connectivity index (χ4v) is 1.83. The molecule has 0 saturated heterocycles. The van der Waals surface area contributed by atoms with Gasteiger partial charge in [0, 0.05) is 11.5 Å². The van der Waals surface area contributed by atoms with Gasteiger partial charge in [0.15, 0.2) is 17.3 Å². The highest BCUT2D eigenvalue weighted by Gasteiger charge is 2.15.